The zero-order chi connectivity index (χ0) is 8.17. The fourth-order valence-electron chi connectivity index (χ4n) is 0.777. The molecule has 1 N–H and O–H groups in total. The minimum atomic E-state index is -0.143. The Balaban J connectivity index is 2.78. The molecule has 5 heteroatoms. The summed E-state index contributed by atoms with van der Waals surface area (Å²) in [4.78, 5) is 0. The number of fused-ring (bicyclic) bond motifs is 1. The molecule has 0 saturated carbocycles. The third kappa shape index (κ3) is 0.868. The van der Waals surface area contributed by atoms with Gasteiger partial charge in [0.2, 0.25) is 5.75 Å². The quantitative estimate of drug-likeness (QED) is 0.535. The van der Waals surface area contributed by atoms with E-state index in [1.807, 2.05) is 0 Å². The zero-order valence-corrected chi connectivity index (χ0v) is 7.26. The smallest absolute Gasteiger partial charge is 0.215 e. The van der Waals surface area contributed by atoms with Crippen molar-refractivity contribution in [1.29, 1.82) is 0 Å². The predicted molar refractivity (Wildman–Crippen MR) is 43.2 cm³/mol. The molecular formula is C6HCl3O2. The maximum atomic E-state index is 9.16. The molecule has 0 spiro atoms. The summed E-state index contributed by atoms with van der Waals surface area (Å²) in [7, 11) is 0. The molecule has 1 aliphatic heterocycles. The van der Waals surface area contributed by atoms with Crippen molar-refractivity contribution in [2.45, 2.75) is 0 Å². The molecule has 0 bridgehead atoms. The van der Waals surface area contributed by atoms with Crippen LogP contribution in [0.5, 0.6) is 17.2 Å². The Labute approximate surface area is 77.2 Å². The van der Waals surface area contributed by atoms with E-state index in [9.17, 15) is 0 Å². The highest BCUT2D eigenvalue weighted by Gasteiger charge is 2.33. The van der Waals surface area contributed by atoms with Crippen molar-refractivity contribution < 1.29 is 9.84 Å². The highest BCUT2D eigenvalue weighted by atomic mass is 35.5. The summed E-state index contributed by atoms with van der Waals surface area (Å²) in [6.07, 6.45) is 0. The van der Waals surface area contributed by atoms with Crippen LogP contribution in [0.25, 0.3) is 0 Å². The number of phenolic OH excluding ortho intramolecular Hbond substituents is 1. The SMILES string of the molecule is Oc1c(Cl)c(Cl)c(Cl)c2c1O2. The number of hydrogen-bond donors (Lipinski definition) is 1. The first-order valence-corrected chi connectivity index (χ1v) is 3.83. The van der Waals surface area contributed by atoms with Crippen LogP contribution in [0.15, 0.2) is 0 Å². The van der Waals surface area contributed by atoms with Gasteiger partial charge in [0.25, 0.3) is 0 Å². The first-order chi connectivity index (χ1) is 5.13. The molecule has 0 amide bonds. The number of ether oxygens (including phenoxy) is 1. The topological polar surface area (TPSA) is 32.8 Å². The minimum Gasteiger partial charge on any atom is -0.503 e. The first-order valence-electron chi connectivity index (χ1n) is 2.70. The van der Waals surface area contributed by atoms with Crippen LogP contribution in [0.2, 0.25) is 15.1 Å². The van der Waals surface area contributed by atoms with Crippen molar-refractivity contribution in [3.05, 3.63) is 15.1 Å². The average Bonchev–Trinajstić information content (AvgIpc) is 2.76. The number of hydrogen-bond acceptors (Lipinski definition) is 2. The fourth-order valence-corrected chi connectivity index (χ4v) is 1.40. The van der Waals surface area contributed by atoms with Gasteiger partial charge in [0.1, 0.15) is 10.0 Å². The van der Waals surface area contributed by atoms with E-state index in [2.05, 4.69) is 0 Å². The van der Waals surface area contributed by atoms with Crippen LogP contribution in [0.4, 0.5) is 0 Å². The molecule has 58 valence electrons. The van der Waals surface area contributed by atoms with E-state index in [0.29, 0.717) is 11.5 Å². The largest absolute Gasteiger partial charge is 0.503 e. The van der Waals surface area contributed by atoms with Crippen molar-refractivity contribution in [3.63, 3.8) is 0 Å². The van der Waals surface area contributed by atoms with E-state index >= 15 is 0 Å². The summed E-state index contributed by atoms with van der Waals surface area (Å²) in [6, 6.07) is 0. The van der Waals surface area contributed by atoms with Crippen LogP contribution in [0.3, 0.4) is 0 Å². The van der Waals surface area contributed by atoms with Gasteiger partial charge in [-0.25, -0.2) is 0 Å². The van der Waals surface area contributed by atoms with E-state index in [-0.39, 0.29) is 20.8 Å². The van der Waals surface area contributed by atoms with E-state index < -0.39 is 0 Å². The number of rotatable bonds is 0. The molecule has 1 aromatic carbocycles. The Morgan fingerprint density at radius 1 is 0.909 bits per heavy atom. The maximum absolute atomic E-state index is 9.16. The molecule has 2 nitrogen and oxygen atoms in total. The lowest BCUT2D eigenvalue weighted by Gasteiger charge is -1.94. The number of aromatic hydroxyl groups is 1. The monoisotopic (exact) mass is 210 g/mol. The molecule has 0 atom stereocenters. The molecule has 11 heavy (non-hydrogen) atoms. The van der Waals surface area contributed by atoms with E-state index in [1.165, 1.54) is 0 Å². The maximum Gasteiger partial charge on any atom is 0.215 e. The van der Waals surface area contributed by atoms with E-state index in [1.54, 1.807) is 0 Å². The lowest BCUT2D eigenvalue weighted by molar-refractivity contribution is 0.464. The Kier molecular flexibility index (Phi) is 1.40. The van der Waals surface area contributed by atoms with Crippen LogP contribution < -0.4 is 4.74 Å². The van der Waals surface area contributed by atoms with Crippen molar-refractivity contribution in [2.24, 2.45) is 0 Å². The van der Waals surface area contributed by atoms with Crippen LogP contribution in [0, 0.1) is 0 Å². The summed E-state index contributed by atoms with van der Waals surface area (Å²) in [5.41, 5.74) is 0. The summed E-state index contributed by atoms with van der Waals surface area (Å²) in [5, 5.41) is 9.58. The Morgan fingerprint density at radius 3 is 2.18 bits per heavy atom. The van der Waals surface area contributed by atoms with Gasteiger partial charge in [-0.05, 0) is 0 Å². The Bertz CT molecular complexity index is 315. The van der Waals surface area contributed by atoms with Gasteiger partial charge in [0, 0.05) is 0 Å². The van der Waals surface area contributed by atoms with Gasteiger partial charge >= 0.3 is 0 Å². The van der Waals surface area contributed by atoms with Crippen LogP contribution >= 0.6 is 34.8 Å². The summed E-state index contributed by atoms with van der Waals surface area (Å²) in [6.45, 7) is 0. The predicted octanol–water partition coefficient (Wildman–Crippen LogP) is 3.46. The minimum absolute atomic E-state index is 0.0351. The number of halogens is 3. The molecule has 1 aromatic rings. The van der Waals surface area contributed by atoms with Crippen LogP contribution in [-0.2, 0) is 0 Å². The highest BCUT2D eigenvalue weighted by Crippen LogP contribution is 2.62. The summed E-state index contributed by atoms with van der Waals surface area (Å²) in [5.74, 6) is 0.596. The van der Waals surface area contributed by atoms with Crippen molar-refractivity contribution in [2.75, 3.05) is 0 Å². The molecule has 0 aliphatic carbocycles. The van der Waals surface area contributed by atoms with Gasteiger partial charge in [-0.15, -0.1) is 0 Å². The molecule has 0 saturated heterocycles. The van der Waals surface area contributed by atoms with Crippen molar-refractivity contribution in [3.8, 4) is 17.2 Å². The highest BCUT2D eigenvalue weighted by molar-refractivity contribution is 6.50. The second-order valence-corrected chi connectivity index (χ2v) is 3.18. The molecule has 1 heterocycles. The second kappa shape index (κ2) is 2.09. The molecule has 1 aliphatic rings. The van der Waals surface area contributed by atoms with Crippen molar-refractivity contribution in [1.82, 2.24) is 0 Å². The molecule has 0 radical (unpaired) electrons. The third-order valence-electron chi connectivity index (χ3n) is 1.38. The average molecular weight is 211 g/mol. The standard InChI is InChI=1S/C6HCl3O2/c7-1-2(8)4(10)6-5(11-6)3(1)9/h10H. The molecule has 0 unspecified atom stereocenters. The number of phenols is 1. The summed E-state index contributed by atoms with van der Waals surface area (Å²) >= 11 is 16.8. The van der Waals surface area contributed by atoms with E-state index in [4.69, 9.17) is 44.6 Å². The first kappa shape index (κ1) is 7.35. The van der Waals surface area contributed by atoms with Crippen LogP contribution in [-0.4, -0.2) is 5.11 Å². The van der Waals surface area contributed by atoms with E-state index in [0.717, 1.165) is 0 Å². The van der Waals surface area contributed by atoms with Gasteiger partial charge in [0.15, 0.2) is 11.5 Å². The number of benzene rings is 1. The molecule has 0 fully saturated rings. The van der Waals surface area contributed by atoms with Gasteiger partial charge in [0.05, 0.1) is 5.02 Å². The lowest BCUT2D eigenvalue weighted by Crippen LogP contribution is -1.66. The van der Waals surface area contributed by atoms with Crippen LogP contribution in [0.1, 0.15) is 0 Å². The van der Waals surface area contributed by atoms with Crippen molar-refractivity contribution >= 4 is 34.8 Å². The summed E-state index contributed by atoms with van der Waals surface area (Å²) < 4.78 is 4.81. The lowest BCUT2D eigenvalue weighted by atomic mass is 10.3. The zero-order valence-electron chi connectivity index (χ0n) is 4.99. The van der Waals surface area contributed by atoms with Gasteiger partial charge in [-0.1, -0.05) is 34.8 Å². The second-order valence-electron chi connectivity index (χ2n) is 2.05. The van der Waals surface area contributed by atoms with Gasteiger partial charge in [-0.3, -0.25) is 0 Å². The van der Waals surface area contributed by atoms with Gasteiger partial charge in [-0.2, -0.15) is 0 Å². The molecule has 2 rings (SSSR count). The third-order valence-corrected chi connectivity index (χ3v) is 2.68. The molecule has 0 aromatic heterocycles. The fraction of sp³-hybridized carbons (Fsp3) is 0. The molecular weight excluding hydrogens is 210 g/mol. The Morgan fingerprint density at radius 2 is 1.55 bits per heavy atom. The normalized spacial score (nSPS) is 12.3. The Hall–Kier alpha value is -0.310. The van der Waals surface area contributed by atoms with Gasteiger partial charge < -0.3 is 9.84 Å².